The van der Waals surface area contributed by atoms with Gasteiger partial charge in [-0.2, -0.15) is 0 Å². The number of ether oxygens (including phenoxy) is 3. The van der Waals surface area contributed by atoms with Crippen LogP contribution in [0.1, 0.15) is 24.8 Å². The van der Waals surface area contributed by atoms with Gasteiger partial charge in [0.25, 0.3) is 0 Å². The molecule has 0 aromatic heterocycles. The summed E-state index contributed by atoms with van der Waals surface area (Å²) < 4.78 is 15.6. The van der Waals surface area contributed by atoms with E-state index in [9.17, 15) is 9.59 Å². The minimum absolute atomic E-state index is 0.0152. The monoisotopic (exact) mass is 335 g/mol. The third-order valence-electron chi connectivity index (χ3n) is 4.05. The Morgan fingerprint density at radius 2 is 1.92 bits per heavy atom. The lowest BCUT2D eigenvalue weighted by Gasteiger charge is -2.33. The number of methoxy groups -OCH3 is 1. The van der Waals surface area contributed by atoms with Crippen molar-refractivity contribution in [3.05, 3.63) is 35.9 Å². The minimum Gasteiger partial charge on any atom is -0.468 e. The Kier molecular flexibility index (Phi) is 7.71. The molecule has 1 fully saturated rings. The molecule has 0 atom stereocenters. The molecule has 1 aromatic rings. The molecule has 1 saturated heterocycles. The molecular weight excluding hydrogens is 310 g/mol. The highest BCUT2D eigenvalue weighted by atomic mass is 16.5. The topological polar surface area (TPSA) is 65.1 Å². The van der Waals surface area contributed by atoms with Crippen LogP contribution in [0.15, 0.2) is 30.3 Å². The molecule has 1 aliphatic rings. The summed E-state index contributed by atoms with van der Waals surface area (Å²) in [5, 5.41) is 0. The van der Waals surface area contributed by atoms with Crippen LogP contribution in [0.2, 0.25) is 0 Å². The van der Waals surface area contributed by atoms with E-state index in [-0.39, 0.29) is 24.9 Å². The molecule has 0 spiro atoms. The zero-order valence-corrected chi connectivity index (χ0v) is 14.1. The zero-order valence-electron chi connectivity index (χ0n) is 14.1. The van der Waals surface area contributed by atoms with Crippen molar-refractivity contribution in [2.45, 2.75) is 31.9 Å². The van der Waals surface area contributed by atoms with Crippen LogP contribution in [-0.2, 0) is 30.4 Å². The molecule has 0 N–H and O–H groups in total. The van der Waals surface area contributed by atoms with Crippen molar-refractivity contribution in [1.82, 2.24) is 4.90 Å². The van der Waals surface area contributed by atoms with Crippen LogP contribution in [0.4, 0.5) is 0 Å². The summed E-state index contributed by atoms with van der Waals surface area (Å²) in [6.07, 6.45) is 1.74. The molecular formula is C18H25NO5. The Morgan fingerprint density at radius 1 is 1.21 bits per heavy atom. The van der Waals surface area contributed by atoms with Gasteiger partial charge in [-0.15, -0.1) is 0 Å². The molecule has 1 aromatic carbocycles. The van der Waals surface area contributed by atoms with Crippen LogP contribution in [0, 0.1) is 0 Å². The van der Waals surface area contributed by atoms with Gasteiger partial charge in [-0.05, 0) is 18.4 Å². The molecule has 24 heavy (non-hydrogen) atoms. The van der Waals surface area contributed by atoms with E-state index < -0.39 is 5.97 Å². The van der Waals surface area contributed by atoms with E-state index >= 15 is 0 Å². The van der Waals surface area contributed by atoms with Gasteiger partial charge >= 0.3 is 5.97 Å². The Balaban J connectivity index is 1.81. The van der Waals surface area contributed by atoms with E-state index in [4.69, 9.17) is 14.2 Å². The first-order chi connectivity index (χ1) is 11.7. The second-order valence-electron chi connectivity index (χ2n) is 5.73. The lowest BCUT2D eigenvalue weighted by Crippen LogP contribution is -2.46. The van der Waals surface area contributed by atoms with Crippen molar-refractivity contribution in [2.75, 3.05) is 33.5 Å². The Hall–Kier alpha value is -1.92. The smallest absolute Gasteiger partial charge is 0.325 e. The number of hydrogen-bond acceptors (Lipinski definition) is 5. The summed E-state index contributed by atoms with van der Waals surface area (Å²) in [5.74, 6) is -0.486. The fourth-order valence-corrected chi connectivity index (χ4v) is 2.69. The van der Waals surface area contributed by atoms with Gasteiger partial charge in [0.2, 0.25) is 5.91 Å². The second kappa shape index (κ2) is 10.1. The number of amides is 1. The molecule has 0 saturated carbocycles. The largest absolute Gasteiger partial charge is 0.468 e. The van der Waals surface area contributed by atoms with Gasteiger partial charge in [0.1, 0.15) is 6.54 Å². The normalized spacial score (nSPS) is 15.0. The molecule has 0 radical (unpaired) electrons. The van der Waals surface area contributed by atoms with Crippen LogP contribution in [0.3, 0.4) is 0 Å². The maximum Gasteiger partial charge on any atom is 0.325 e. The second-order valence-corrected chi connectivity index (χ2v) is 5.73. The fourth-order valence-electron chi connectivity index (χ4n) is 2.69. The predicted molar refractivity (Wildman–Crippen MR) is 88.3 cm³/mol. The van der Waals surface area contributed by atoms with Crippen LogP contribution in [-0.4, -0.2) is 56.3 Å². The molecule has 0 aliphatic carbocycles. The number of nitrogens with zero attached hydrogens (tertiary/aromatic N) is 1. The molecule has 132 valence electrons. The van der Waals surface area contributed by atoms with E-state index in [1.165, 1.54) is 7.11 Å². The van der Waals surface area contributed by atoms with Gasteiger partial charge in [-0.25, -0.2) is 0 Å². The highest BCUT2D eigenvalue weighted by Gasteiger charge is 2.27. The van der Waals surface area contributed by atoms with Gasteiger partial charge < -0.3 is 19.1 Å². The summed E-state index contributed by atoms with van der Waals surface area (Å²) >= 11 is 0. The number of esters is 1. The molecule has 6 nitrogen and oxygen atoms in total. The average Bonchev–Trinajstić information content (AvgIpc) is 2.64. The van der Waals surface area contributed by atoms with Crippen molar-refractivity contribution >= 4 is 11.9 Å². The van der Waals surface area contributed by atoms with Crippen molar-refractivity contribution in [2.24, 2.45) is 0 Å². The molecule has 0 bridgehead atoms. The lowest BCUT2D eigenvalue weighted by molar-refractivity contribution is -0.150. The van der Waals surface area contributed by atoms with Crippen molar-refractivity contribution in [3.8, 4) is 0 Å². The summed E-state index contributed by atoms with van der Waals surface area (Å²) in [4.78, 5) is 25.7. The number of rotatable bonds is 8. The molecule has 1 aliphatic heterocycles. The third-order valence-corrected chi connectivity index (χ3v) is 4.05. The van der Waals surface area contributed by atoms with Crippen LogP contribution in [0.25, 0.3) is 0 Å². The SMILES string of the molecule is COC(=O)CN(C(=O)CCOCc1ccccc1)C1CCOCC1. The van der Waals surface area contributed by atoms with E-state index in [1.54, 1.807) is 4.90 Å². The molecule has 2 rings (SSSR count). The highest BCUT2D eigenvalue weighted by Crippen LogP contribution is 2.16. The van der Waals surface area contributed by atoms with Gasteiger partial charge in [-0.3, -0.25) is 9.59 Å². The zero-order chi connectivity index (χ0) is 17.2. The highest BCUT2D eigenvalue weighted by molar-refractivity contribution is 5.82. The van der Waals surface area contributed by atoms with Crippen LogP contribution < -0.4 is 0 Å². The standard InChI is InChI=1S/C18H25NO5/c1-22-18(21)13-19(16-7-10-23-11-8-16)17(20)9-12-24-14-15-5-3-2-4-6-15/h2-6,16H,7-14H2,1H3. The van der Waals surface area contributed by atoms with Crippen molar-refractivity contribution in [1.29, 1.82) is 0 Å². The van der Waals surface area contributed by atoms with E-state index in [0.29, 0.717) is 26.4 Å². The number of benzene rings is 1. The average molecular weight is 335 g/mol. The Bertz CT molecular complexity index is 513. The molecule has 0 unspecified atom stereocenters. The first kappa shape index (κ1) is 18.4. The first-order valence-corrected chi connectivity index (χ1v) is 8.26. The fraction of sp³-hybridized carbons (Fsp3) is 0.556. The van der Waals surface area contributed by atoms with Crippen molar-refractivity contribution in [3.63, 3.8) is 0 Å². The van der Waals surface area contributed by atoms with Gasteiger partial charge in [0.05, 0.1) is 26.7 Å². The quantitative estimate of drug-likeness (QED) is 0.535. The third kappa shape index (κ3) is 5.94. The first-order valence-electron chi connectivity index (χ1n) is 8.26. The number of hydrogen-bond donors (Lipinski definition) is 0. The Morgan fingerprint density at radius 3 is 2.58 bits per heavy atom. The van der Waals surface area contributed by atoms with Gasteiger partial charge in [0, 0.05) is 19.3 Å². The van der Waals surface area contributed by atoms with E-state index in [0.717, 1.165) is 18.4 Å². The Labute approximate surface area is 142 Å². The number of carbonyl (C=O) groups is 2. The lowest BCUT2D eigenvalue weighted by atomic mass is 10.1. The summed E-state index contributed by atoms with van der Waals surface area (Å²) in [6, 6.07) is 9.84. The minimum atomic E-state index is -0.403. The van der Waals surface area contributed by atoms with Gasteiger partial charge in [-0.1, -0.05) is 30.3 Å². The van der Waals surface area contributed by atoms with Gasteiger partial charge in [0.15, 0.2) is 0 Å². The van der Waals surface area contributed by atoms with E-state index in [1.807, 2.05) is 30.3 Å². The molecule has 1 amide bonds. The number of carbonyl (C=O) groups excluding carboxylic acids is 2. The molecule has 6 heteroatoms. The summed E-state index contributed by atoms with van der Waals surface area (Å²) in [6.45, 7) is 2.01. The summed E-state index contributed by atoms with van der Waals surface area (Å²) in [7, 11) is 1.33. The summed E-state index contributed by atoms with van der Waals surface area (Å²) in [5.41, 5.74) is 1.07. The van der Waals surface area contributed by atoms with Crippen molar-refractivity contribution < 1.29 is 23.8 Å². The van der Waals surface area contributed by atoms with Crippen LogP contribution in [0.5, 0.6) is 0 Å². The maximum absolute atomic E-state index is 12.5. The van der Waals surface area contributed by atoms with Crippen LogP contribution >= 0.6 is 0 Å². The molecule has 1 heterocycles. The predicted octanol–water partition coefficient (Wildman–Crippen LogP) is 1.77. The van der Waals surface area contributed by atoms with E-state index in [2.05, 4.69) is 0 Å². The maximum atomic E-state index is 12.5.